The summed E-state index contributed by atoms with van der Waals surface area (Å²) in [5, 5.41) is 0. The molecule has 2 heteroatoms. The van der Waals surface area contributed by atoms with Crippen LogP contribution in [-0.4, -0.2) is 4.98 Å². The standard InChI is InChI=1S/C33H22N2/c1-3-9-25-20(7-1)17-28-27(25)12-11-21-18-29-30-23(14-19-6-2-4-10-26(19)30)16-24-15-22-8-5-13-34-33(22)35(31(21)28)32(24)29/h1-13,16H,14-15,17-18H2. The predicted molar refractivity (Wildman–Crippen MR) is 141 cm³/mol. The number of nitrogens with zero attached hydrogens (tertiary/aromatic N) is 2. The van der Waals surface area contributed by atoms with Gasteiger partial charge in [0.25, 0.3) is 0 Å². The van der Waals surface area contributed by atoms with Crippen molar-refractivity contribution >= 4 is 17.2 Å². The first-order chi connectivity index (χ1) is 17.3. The van der Waals surface area contributed by atoms with E-state index >= 15 is 0 Å². The van der Waals surface area contributed by atoms with Crippen LogP contribution in [-0.2, 0) is 25.7 Å². The van der Waals surface area contributed by atoms with Gasteiger partial charge < -0.3 is 0 Å². The van der Waals surface area contributed by atoms with Crippen LogP contribution in [0.25, 0.3) is 22.3 Å². The molecule has 1 aromatic heterocycles. The van der Waals surface area contributed by atoms with Gasteiger partial charge >= 0.3 is 0 Å². The Hall–Kier alpha value is -4.17. The number of aromatic nitrogens is 1. The van der Waals surface area contributed by atoms with E-state index in [9.17, 15) is 0 Å². The van der Waals surface area contributed by atoms with Gasteiger partial charge in [0.15, 0.2) is 0 Å². The SMILES string of the molecule is c1ccc2c(c1)Cc1c-2ccc2c1N1c3ncccc3Cc3cc4c(c(c31)C2)-c1ccccc1C4. The molecule has 0 saturated heterocycles. The Morgan fingerprint density at radius 2 is 1.23 bits per heavy atom. The average molecular weight is 447 g/mol. The van der Waals surface area contributed by atoms with Crippen molar-refractivity contribution in [2.75, 3.05) is 4.90 Å². The minimum Gasteiger partial charge on any atom is -0.294 e. The van der Waals surface area contributed by atoms with Crippen molar-refractivity contribution in [2.45, 2.75) is 25.7 Å². The third kappa shape index (κ3) is 2.23. The fourth-order valence-corrected chi connectivity index (χ4v) is 7.19. The van der Waals surface area contributed by atoms with E-state index in [-0.39, 0.29) is 0 Å². The molecule has 2 aliphatic heterocycles. The Morgan fingerprint density at radius 1 is 0.514 bits per heavy atom. The zero-order valence-corrected chi connectivity index (χ0v) is 19.3. The minimum atomic E-state index is 0.955. The molecule has 0 radical (unpaired) electrons. The zero-order valence-electron chi connectivity index (χ0n) is 19.3. The highest BCUT2D eigenvalue weighted by Gasteiger charge is 2.39. The van der Waals surface area contributed by atoms with Crippen molar-refractivity contribution in [3.05, 3.63) is 130 Å². The summed E-state index contributed by atoms with van der Waals surface area (Å²) in [5.74, 6) is 1.11. The Kier molecular flexibility index (Phi) is 3.27. The number of fused-ring (bicyclic) bond motifs is 12. The van der Waals surface area contributed by atoms with Crippen molar-refractivity contribution in [1.29, 1.82) is 0 Å². The van der Waals surface area contributed by atoms with Crippen molar-refractivity contribution in [2.24, 2.45) is 0 Å². The van der Waals surface area contributed by atoms with Crippen LogP contribution in [0.3, 0.4) is 0 Å². The molecule has 4 aromatic carbocycles. The molecule has 0 saturated carbocycles. The molecule has 0 amide bonds. The van der Waals surface area contributed by atoms with E-state index in [4.69, 9.17) is 4.98 Å². The summed E-state index contributed by atoms with van der Waals surface area (Å²) in [5.41, 5.74) is 20.0. The Balaban J connectivity index is 1.37. The quantitative estimate of drug-likeness (QED) is 0.240. The van der Waals surface area contributed by atoms with Gasteiger partial charge in [0.1, 0.15) is 5.82 Å². The summed E-state index contributed by atoms with van der Waals surface area (Å²) in [4.78, 5) is 7.52. The van der Waals surface area contributed by atoms with E-state index in [0.29, 0.717) is 0 Å². The van der Waals surface area contributed by atoms with Gasteiger partial charge in [0, 0.05) is 25.5 Å². The Morgan fingerprint density at radius 3 is 2.14 bits per heavy atom. The molecular formula is C33H22N2. The summed E-state index contributed by atoms with van der Waals surface area (Å²) < 4.78 is 0. The fourth-order valence-electron chi connectivity index (χ4n) is 7.19. The van der Waals surface area contributed by atoms with Gasteiger partial charge in [0.05, 0.1) is 11.4 Å². The van der Waals surface area contributed by atoms with E-state index in [0.717, 1.165) is 31.5 Å². The van der Waals surface area contributed by atoms with Crippen LogP contribution < -0.4 is 4.90 Å². The van der Waals surface area contributed by atoms with E-state index in [1.165, 1.54) is 78.1 Å². The number of pyridine rings is 1. The van der Waals surface area contributed by atoms with Gasteiger partial charge in [0.2, 0.25) is 0 Å². The maximum absolute atomic E-state index is 4.98. The van der Waals surface area contributed by atoms with Gasteiger partial charge in [-0.25, -0.2) is 4.98 Å². The molecule has 0 spiro atoms. The predicted octanol–water partition coefficient (Wildman–Crippen LogP) is 7.50. The molecule has 2 nitrogen and oxygen atoms in total. The molecule has 5 aromatic rings. The summed E-state index contributed by atoms with van der Waals surface area (Å²) >= 11 is 0. The third-order valence-corrected chi connectivity index (χ3v) is 8.54. The van der Waals surface area contributed by atoms with Crippen molar-refractivity contribution in [1.82, 2.24) is 4.98 Å². The first-order valence-corrected chi connectivity index (χ1v) is 12.6. The minimum absolute atomic E-state index is 0.955. The van der Waals surface area contributed by atoms with Crippen LogP contribution in [0.5, 0.6) is 0 Å². The van der Waals surface area contributed by atoms with Crippen LogP contribution >= 0.6 is 0 Å². The van der Waals surface area contributed by atoms with E-state index in [1.807, 2.05) is 6.20 Å². The van der Waals surface area contributed by atoms with E-state index in [2.05, 4.69) is 83.8 Å². The lowest BCUT2D eigenvalue weighted by Crippen LogP contribution is -2.27. The van der Waals surface area contributed by atoms with Crippen molar-refractivity contribution in [3.8, 4) is 22.3 Å². The molecule has 4 aliphatic rings. The molecule has 164 valence electrons. The van der Waals surface area contributed by atoms with Gasteiger partial charge in [-0.1, -0.05) is 72.8 Å². The zero-order chi connectivity index (χ0) is 22.7. The average Bonchev–Trinajstić information content (AvgIpc) is 3.46. The molecule has 3 heterocycles. The number of rotatable bonds is 0. The van der Waals surface area contributed by atoms with Crippen LogP contribution in [0.1, 0.15) is 44.5 Å². The molecule has 0 N–H and O–H groups in total. The number of benzene rings is 4. The Bertz CT molecular complexity index is 1760. The second kappa shape index (κ2) is 6.28. The highest BCUT2D eigenvalue weighted by atomic mass is 15.2. The number of anilines is 3. The number of hydrogen-bond acceptors (Lipinski definition) is 2. The first kappa shape index (κ1) is 18.2. The van der Waals surface area contributed by atoms with Gasteiger partial charge in [-0.2, -0.15) is 0 Å². The fraction of sp³-hybridized carbons (Fsp3) is 0.121. The maximum atomic E-state index is 4.98. The lowest BCUT2D eigenvalue weighted by Gasteiger charge is -2.40. The largest absolute Gasteiger partial charge is 0.294 e. The summed E-state index contributed by atoms with van der Waals surface area (Å²) in [6.45, 7) is 0. The highest BCUT2D eigenvalue weighted by Crippen LogP contribution is 2.57. The molecule has 0 atom stereocenters. The summed E-state index contributed by atoms with van der Waals surface area (Å²) in [6, 6.07) is 29.5. The van der Waals surface area contributed by atoms with Gasteiger partial charge in [-0.05, 0) is 79.2 Å². The third-order valence-electron chi connectivity index (χ3n) is 8.54. The molecule has 35 heavy (non-hydrogen) atoms. The summed E-state index contributed by atoms with van der Waals surface area (Å²) in [7, 11) is 0. The lowest BCUT2D eigenvalue weighted by atomic mass is 9.81. The molecule has 0 fully saturated rings. The normalized spacial score (nSPS) is 14.9. The highest BCUT2D eigenvalue weighted by molar-refractivity contribution is 5.98. The molecular weight excluding hydrogens is 424 g/mol. The molecule has 0 unspecified atom stereocenters. The van der Waals surface area contributed by atoms with Crippen LogP contribution in [0, 0.1) is 0 Å². The van der Waals surface area contributed by atoms with Crippen molar-refractivity contribution < 1.29 is 0 Å². The maximum Gasteiger partial charge on any atom is 0.141 e. The number of hydrogen-bond donors (Lipinski definition) is 0. The van der Waals surface area contributed by atoms with E-state index < -0.39 is 0 Å². The van der Waals surface area contributed by atoms with Gasteiger partial charge in [-0.15, -0.1) is 0 Å². The monoisotopic (exact) mass is 446 g/mol. The van der Waals surface area contributed by atoms with Gasteiger partial charge in [-0.3, -0.25) is 4.90 Å². The molecule has 0 bridgehead atoms. The lowest BCUT2D eigenvalue weighted by molar-refractivity contribution is 0.970. The smallest absolute Gasteiger partial charge is 0.141 e. The second-order valence-electron chi connectivity index (χ2n) is 10.3. The Labute approximate surface area is 204 Å². The molecule has 2 aliphatic carbocycles. The van der Waals surface area contributed by atoms with Crippen LogP contribution in [0.2, 0.25) is 0 Å². The second-order valence-corrected chi connectivity index (χ2v) is 10.3. The topological polar surface area (TPSA) is 16.1 Å². The van der Waals surface area contributed by atoms with Crippen LogP contribution in [0.4, 0.5) is 17.2 Å². The van der Waals surface area contributed by atoms with Crippen molar-refractivity contribution in [3.63, 3.8) is 0 Å². The molecule has 9 rings (SSSR count). The van der Waals surface area contributed by atoms with E-state index in [1.54, 1.807) is 0 Å². The summed E-state index contributed by atoms with van der Waals surface area (Å²) in [6.07, 6.45) is 5.93. The first-order valence-electron chi connectivity index (χ1n) is 12.6. The van der Waals surface area contributed by atoms with Crippen LogP contribution in [0.15, 0.2) is 85.1 Å².